The Kier molecular flexibility index (Phi) is 5.38. The van der Waals surface area contributed by atoms with Gasteiger partial charge < -0.3 is 15.4 Å². The number of amides is 1. The largest absolute Gasteiger partial charge is 0.497 e. The van der Waals surface area contributed by atoms with Crippen LogP contribution in [0.1, 0.15) is 16.1 Å². The Morgan fingerprint density at radius 1 is 1.08 bits per heavy atom. The van der Waals surface area contributed by atoms with Crippen molar-refractivity contribution in [3.63, 3.8) is 0 Å². The molecule has 7 heteroatoms. The second-order valence-corrected chi connectivity index (χ2v) is 5.45. The van der Waals surface area contributed by atoms with Crippen molar-refractivity contribution < 1.29 is 13.9 Å². The molecular weight excluding hydrogens is 335 g/mol. The van der Waals surface area contributed by atoms with Crippen molar-refractivity contribution in [1.82, 2.24) is 9.97 Å². The number of anilines is 2. The Morgan fingerprint density at radius 3 is 2.50 bits per heavy atom. The topological polar surface area (TPSA) is 76.1 Å². The number of benzene rings is 2. The summed E-state index contributed by atoms with van der Waals surface area (Å²) in [5.74, 6) is 0.581. The van der Waals surface area contributed by atoms with Crippen LogP contribution >= 0.6 is 0 Å². The Balaban J connectivity index is 1.63. The summed E-state index contributed by atoms with van der Waals surface area (Å²) in [6.07, 6.45) is 1.32. The minimum Gasteiger partial charge on any atom is -0.497 e. The molecule has 0 fully saturated rings. The summed E-state index contributed by atoms with van der Waals surface area (Å²) in [6.45, 7) is 0.455. The van der Waals surface area contributed by atoms with Gasteiger partial charge in [-0.2, -0.15) is 0 Å². The summed E-state index contributed by atoms with van der Waals surface area (Å²) < 4.78 is 18.0. The van der Waals surface area contributed by atoms with Gasteiger partial charge in [0.15, 0.2) is 0 Å². The van der Waals surface area contributed by atoms with E-state index in [-0.39, 0.29) is 17.4 Å². The molecule has 0 radical (unpaired) electrons. The average Bonchev–Trinajstić information content (AvgIpc) is 2.68. The fourth-order valence-electron chi connectivity index (χ4n) is 2.24. The molecule has 0 bridgehead atoms. The molecule has 0 saturated carbocycles. The molecule has 0 atom stereocenters. The zero-order chi connectivity index (χ0) is 18.4. The molecule has 0 unspecified atom stereocenters. The van der Waals surface area contributed by atoms with Crippen LogP contribution in [0, 0.1) is 5.82 Å². The van der Waals surface area contributed by atoms with E-state index in [0.717, 1.165) is 5.56 Å². The summed E-state index contributed by atoms with van der Waals surface area (Å²) in [5.41, 5.74) is 1.77. The van der Waals surface area contributed by atoms with Crippen LogP contribution in [0.5, 0.6) is 5.75 Å². The zero-order valence-corrected chi connectivity index (χ0v) is 14.1. The standard InChI is InChI=1S/C19H17FN4O2/c1-26-16-8-6-15(7-9-16)24-19(25)17-10-18(23-12-22-17)21-11-13-2-4-14(20)5-3-13/h2-10,12H,11H2,1H3,(H,24,25)(H,21,22,23). The van der Waals surface area contributed by atoms with Gasteiger partial charge in [-0.15, -0.1) is 0 Å². The van der Waals surface area contributed by atoms with E-state index in [0.29, 0.717) is 23.8 Å². The van der Waals surface area contributed by atoms with Gasteiger partial charge in [-0.05, 0) is 42.0 Å². The molecule has 26 heavy (non-hydrogen) atoms. The monoisotopic (exact) mass is 352 g/mol. The molecule has 132 valence electrons. The van der Waals surface area contributed by atoms with Crippen LogP contribution in [-0.4, -0.2) is 23.0 Å². The molecular formula is C19H17FN4O2. The van der Waals surface area contributed by atoms with Crippen LogP contribution in [0.25, 0.3) is 0 Å². The quantitative estimate of drug-likeness (QED) is 0.710. The number of carbonyl (C=O) groups is 1. The highest BCUT2D eigenvalue weighted by Crippen LogP contribution is 2.16. The normalized spacial score (nSPS) is 10.2. The third-order valence-electron chi connectivity index (χ3n) is 3.63. The van der Waals surface area contributed by atoms with Crippen molar-refractivity contribution in [2.45, 2.75) is 6.54 Å². The van der Waals surface area contributed by atoms with Gasteiger partial charge in [0.05, 0.1) is 7.11 Å². The number of nitrogens with one attached hydrogen (secondary N) is 2. The fourth-order valence-corrected chi connectivity index (χ4v) is 2.24. The van der Waals surface area contributed by atoms with E-state index >= 15 is 0 Å². The first-order valence-corrected chi connectivity index (χ1v) is 7.90. The van der Waals surface area contributed by atoms with Crippen LogP contribution in [0.15, 0.2) is 60.9 Å². The molecule has 0 saturated heterocycles. The van der Waals surface area contributed by atoms with Crippen molar-refractivity contribution in [2.75, 3.05) is 17.7 Å². The molecule has 1 amide bonds. The smallest absolute Gasteiger partial charge is 0.274 e. The predicted octanol–water partition coefficient (Wildman–Crippen LogP) is 3.49. The van der Waals surface area contributed by atoms with Crippen molar-refractivity contribution in [1.29, 1.82) is 0 Å². The van der Waals surface area contributed by atoms with Gasteiger partial charge in [-0.3, -0.25) is 4.79 Å². The average molecular weight is 352 g/mol. The second-order valence-electron chi connectivity index (χ2n) is 5.45. The molecule has 0 aliphatic rings. The number of carbonyl (C=O) groups excluding carboxylic acids is 1. The lowest BCUT2D eigenvalue weighted by Gasteiger charge is -2.08. The highest BCUT2D eigenvalue weighted by Gasteiger charge is 2.09. The molecule has 3 aromatic rings. The van der Waals surface area contributed by atoms with Gasteiger partial charge in [-0.25, -0.2) is 14.4 Å². The number of hydrogen-bond donors (Lipinski definition) is 2. The fraction of sp³-hybridized carbons (Fsp3) is 0.105. The second kappa shape index (κ2) is 8.06. The molecule has 1 aromatic heterocycles. The highest BCUT2D eigenvalue weighted by atomic mass is 19.1. The molecule has 1 heterocycles. The molecule has 0 spiro atoms. The SMILES string of the molecule is COc1ccc(NC(=O)c2cc(NCc3ccc(F)cc3)ncn2)cc1. The van der Waals surface area contributed by atoms with Gasteiger partial charge in [0.2, 0.25) is 0 Å². The molecule has 2 aromatic carbocycles. The van der Waals surface area contributed by atoms with Crippen molar-refractivity contribution in [3.05, 3.63) is 78.0 Å². The van der Waals surface area contributed by atoms with E-state index in [2.05, 4.69) is 20.6 Å². The maximum atomic E-state index is 12.9. The predicted molar refractivity (Wildman–Crippen MR) is 96.7 cm³/mol. The lowest BCUT2D eigenvalue weighted by molar-refractivity contribution is 0.102. The Hall–Kier alpha value is -3.48. The minimum absolute atomic E-state index is 0.234. The third-order valence-corrected chi connectivity index (χ3v) is 3.63. The number of ether oxygens (including phenoxy) is 1. The van der Waals surface area contributed by atoms with Gasteiger partial charge in [0, 0.05) is 18.3 Å². The summed E-state index contributed by atoms with van der Waals surface area (Å²) in [6, 6.07) is 14.7. The van der Waals surface area contributed by atoms with Gasteiger partial charge in [0.25, 0.3) is 5.91 Å². The molecule has 3 rings (SSSR count). The maximum Gasteiger partial charge on any atom is 0.274 e. The van der Waals surface area contributed by atoms with E-state index in [4.69, 9.17) is 4.74 Å². The maximum absolute atomic E-state index is 12.9. The van der Waals surface area contributed by atoms with Crippen molar-refractivity contribution in [2.24, 2.45) is 0 Å². The van der Waals surface area contributed by atoms with Crippen molar-refractivity contribution >= 4 is 17.4 Å². The third kappa shape index (κ3) is 4.54. The Bertz CT molecular complexity index is 883. The van der Waals surface area contributed by atoms with E-state index < -0.39 is 0 Å². The molecule has 0 aliphatic heterocycles. The van der Waals surface area contributed by atoms with Gasteiger partial charge >= 0.3 is 0 Å². The minimum atomic E-state index is -0.345. The first-order valence-electron chi connectivity index (χ1n) is 7.90. The van der Waals surface area contributed by atoms with Gasteiger partial charge in [0.1, 0.15) is 29.4 Å². The highest BCUT2D eigenvalue weighted by molar-refractivity contribution is 6.03. The summed E-state index contributed by atoms with van der Waals surface area (Å²) in [5, 5.41) is 5.85. The lowest BCUT2D eigenvalue weighted by atomic mass is 10.2. The van der Waals surface area contributed by atoms with E-state index in [9.17, 15) is 9.18 Å². The number of halogens is 1. The molecule has 6 nitrogen and oxygen atoms in total. The van der Waals surface area contributed by atoms with E-state index in [1.165, 1.54) is 18.5 Å². The summed E-state index contributed by atoms with van der Waals surface area (Å²) >= 11 is 0. The Morgan fingerprint density at radius 2 is 1.81 bits per heavy atom. The van der Waals surface area contributed by atoms with Crippen LogP contribution in [0.4, 0.5) is 15.9 Å². The molecule has 0 aliphatic carbocycles. The van der Waals surface area contributed by atoms with Crippen LogP contribution in [0.3, 0.4) is 0 Å². The number of hydrogen-bond acceptors (Lipinski definition) is 5. The first kappa shape index (κ1) is 17.3. The van der Waals surface area contributed by atoms with Gasteiger partial charge in [-0.1, -0.05) is 12.1 Å². The van der Waals surface area contributed by atoms with Crippen LogP contribution in [0.2, 0.25) is 0 Å². The van der Waals surface area contributed by atoms with E-state index in [1.807, 2.05) is 0 Å². The summed E-state index contributed by atoms with van der Waals surface area (Å²) in [7, 11) is 1.58. The number of nitrogens with zero attached hydrogens (tertiary/aromatic N) is 2. The zero-order valence-electron chi connectivity index (χ0n) is 14.1. The lowest BCUT2D eigenvalue weighted by Crippen LogP contribution is -2.14. The molecule has 2 N–H and O–H groups in total. The first-order chi connectivity index (χ1) is 12.6. The van der Waals surface area contributed by atoms with Crippen molar-refractivity contribution in [3.8, 4) is 5.75 Å². The number of methoxy groups -OCH3 is 1. The Labute approximate surface area is 150 Å². The number of rotatable bonds is 6. The number of aromatic nitrogens is 2. The van der Waals surface area contributed by atoms with E-state index in [1.54, 1.807) is 49.6 Å². The van der Waals surface area contributed by atoms with Crippen LogP contribution in [-0.2, 0) is 6.54 Å². The summed E-state index contributed by atoms with van der Waals surface area (Å²) in [4.78, 5) is 20.4. The van der Waals surface area contributed by atoms with Crippen LogP contribution < -0.4 is 15.4 Å².